The minimum Gasteiger partial charge on any atom is -0.341 e. The molecule has 242 valence electrons. The van der Waals surface area contributed by atoms with Crippen LogP contribution in [-0.4, -0.2) is 101 Å². The normalized spacial score (nSPS) is 16.4. The number of halogens is 3. The molecule has 5 heterocycles. The van der Waals surface area contributed by atoms with Gasteiger partial charge in [0.1, 0.15) is 16.4 Å². The first-order valence-electron chi connectivity index (χ1n) is 14.9. The standard InChI is InChI=1S/C31H33F3N8O3S/c1-4-35-30(45)38-26-12-20(28-37-25(17-46-28)31(32,33)34)22(13-36-26)18-5-6-24-21(11-18)27(43)23(16-42(24)19-14-40(3)15-19)29(44)41-9-7-39(2)8-10-41/h5-6,11-13,16-17,19H,4,7-10,14-15H2,1-3H3,(H2,35,36,38,45). The number of nitrogens with one attached hydrogen (secondary N) is 2. The number of aromatic nitrogens is 3. The summed E-state index contributed by atoms with van der Waals surface area (Å²) in [5.41, 5.74) is 0.498. The largest absolute Gasteiger partial charge is 0.434 e. The summed E-state index contributed by atoms with van der Waals surface area (Å²) >= 11 is 0.811. The summed E-state index contributed by atoms with van der Waals surface area (Å²) < 4.78 is 42.5. The molecule has 0 atom stereocenters. The van der Waals surface area contributed by atoms with Gasteiger partial charge in [-0.1, -0.05) is 6.07 Å². The Labute approximate surface area is 266 Å². The zero-order chi connectivity index (χ0) is 32.7. The van der Waals surface area contributed by atoms with Gasteiger partial charge in [0, 0.05) is 80.1 Å². The number of hydrogen-bond acceptors (Lipinski definition) is 8. The number of rotatable bonds is 6. The van der Waals surface area contributed by atoms with Gasteiger partial charge in [0.25, 0.3) is 5.91 Å². The fourth-order valence-corrected chi connectivity index (χ4v) is 6.64. The zero-order valence-corrected chi connectivity index (χ0v) is 26.3. The summed E-state index contributed by atoms with van der Waals surface area (Å²) in [6.07, 6.45) is -1.53. The highest BCUT2D eigenvalue weighted by atomic mass is 32.1. The third-order valence-corrected chi connectivity index (χ3v) is 9.19. The van der Waals surface area contributed by atoms with E-state index in [9.17, 15) is 27.6 Å². The molecule has 0 unspecified atom stereocenters. The van der Waals surface area contributed by atoms with Crippen LogP contribution in [0, 0.1) is 0 Å². The van der Waals surface area contributed by atoms with Crippen LogP contribution >= 0.6 is 11.3 Å². The van der Waals surface area contributed by atoms with Gasteiger partial charge in [-0.05, 0) is 44.8 Å². The van der Waals surface area contributed by atoms with Gasteiger partial charge in [-0.15, -0.1) is 11.3 Å². The molecule has 2 aliphatic rings. The Morgan fingerprint density at radius 3 is 2.43 bits per heavy atom. The van der Waals surface area contributed by atoms with Crippen molar-refractivity contribution in [3.63, 3.8) is 0 Å². The second kappa shape index (κ2) is 12.5. The molecule has 2 N–H and O–H groups in total. The van der Waals surface area contributed by atoms with Gasteiger partial charge >= 0.3 is 12.2 Å². The van der Waals surface area contributed by atoms with E-state index in [4.69, 9.17) is 0 Å². The van der Waals surface area contributed by atoms with Gasteiger partial charge in [0.2, 0.25) is 5.43 Å². The number of benzene rings is 1. The number of anilines is 1. The average molecular weight is 655 g/mol. The summed E-state index contributed by atoms with van der Waals surface area (Å²) in [4.78, 5) is 54.1. The molecule has 0 bridgehead atoms. The predicted octanol–water partition coefficient (Wildman–Crippen LogP) is 4.22. The number of nitrogens with zero attached hydrogens (tertiary/aromatic N) is 6. The van der Waals surface area contributed by atoms with Crippen molar-refractivity contribution in [2.45, 2.75) is 19.1 Å². The summed E-state index contributed by atoms with van der Waals surface area (Å²) in [6, 6.07) is 6.23. The number of urea groups is 1. The highest BCUT2D eigenvalue weighted by Gasteiger charge is 2.34. The Kier molecular flexibility index (Phi) is 8.56. The number of alkyl halides is 3. The number of carbonyl (C=O) groups is 2. The van der Waals surface area contributed by atoms with Crippen LogP contribution in [0.15, 0.2) is 46.8 Å². The third-order valence-electron chi connectivity index (χ3n) is 8.31. The lowest BCUT2D eigenvalue weighted by Crippen LogP contribution is -2.48. The zero-order valence-electron chi connectivity index (χ0n) is 25.5. The maximum absolute atomic E-state index is 14.0. The van der Waals surface area contributed by atoms with Crippen molar-refractivity contribution in [2.75, 3.05) is 65.2 Å². The molecule has 2 saturated heterocycles. The lowest BCUT2D eigenvalue weighted by Gasteiger charge is -2.39. The van der Waals surface area contributed by atoms with Crippen LogP contribution in [0.25, 0.3) is 32.6 Å². The van der Waals surface area contributed by atoms with Crippen molar-refractivity contribution in [2.24, 2.45) is 0 Å². The van der Waals surface area contributed by atoms with Crippen molar-refractivity contribution in [3.05, 3.63) is 63.5 Å². The van der Waals surface area contributed by atoms with Gasteiger partial charge in [0.15, 0.2) is 5.69 Å². The van der Waals surface area contributed by atoms with E-state index in [1.165, 1.54) is 12.3 Å². The molecule has 3 amide bonds. The van der Waals surface area contributed by atoms with Gasteiger partial charge in [-0.3, -0.25) is 14.9 Å². The molecule has 0 spiro atoms. The van der Waals surface area contributed by atoms with Crippen LogP contribution in [0.5, 0.6) is 0 Å². The van der Waals surface area contributed by atoms with Gasteiger partial charge < -0.3 is 24.6 Å². The van der Waals surface area contributed by atoms with E-state index in [0.717, 1.165) is 29.8 Å². The first-order valence-corrected chi connectivity index (χ1v) is 15.7. The monoisotopic (exact) mass is 654 g/mol. The summed E-state index contributed by atoms with van der Waals surface area (Å²) in [6.45, 7) is 6.05. The molecular formula is C31H33F3N8O3S. The van der Waals surface area contributed by atoms with E-state index in [0.29, 0.717) is 60.3 Å². The molecule has 0 radical (unpaired) electrons. The average Bonchev–Trinajstić information content (AvgIpc) is 3.51. The van der Waals surface area contributed by atoms with Crippen LogP contribution < -0.4 is 16.1 Å². The molecule has 0 aliphatic carbocycles. The number of thiazole rings is 1. The highest BCUT2D eigenvalue weighted by molar-refractivity contribution is 7.13. The number of carbonyl (C=O) groups excluding carboxylic acids is 2. The van der Waals surface area contributed by atoms with Gasteiger partial charge in [-0.2, -0.15) is 13.2 Å². The Balaban J connectivity index is 1.49. The Bertz CT molecular complexity index is 1860. The minimum atomic E-state index is -4.64. The quantitative estimate of drug-likeness (QED) is 0.320. The number of likely N-dealkylation sites (N-methyl/N-ethyl adjacent to an activating group) is 2. The number of likely N-dealkylation sites (tertiary alicyclic amines) is 1. The van der Waals surface area contributed by atoms with E-state index in [-0.39, 0.29) is 28.3 Å². The van der Waals surface area contributed by atoms with Crippen molar-refractivity contribution in [3.8, 4) is 21.7 Å². The molecule has 6 rings (SSSR count). The molecule has 15 heteroatoms. The highest BCUT2D eigenvalue weighted by Crippen LogP contribution is 2.39. The minimum absolute atomic E-state index is 0.0611. The number of fused-ring (bicyclic) bond motifs is 1. The molecule has 2 aliphatic heterocycles. The molecule has 0 saturated carbocycles. The molecule has 3 aromatic heterocycles. The number of pyridine rings is 2. The molecule has 1 aromatic carbocycles. The SMILES string of the molecule is CCNC(=O)Nc1cc(-c2nc(C(F)(F)F)cs2)c(-c2ccc3c(c2)c(=O)c(C(=O)N2CCN(C)CC2)cn3C2CN(C)C2)cn1. The second-order valence-electron chi connectivity index (χ2n) is 11.6. The van der Waals surface area contributed by atoms with Crippen molar-refractivity contribution in [1.29, 1.82) is 0 Å². The predicted molar refractivity (Wildman–Crippen MR) is 170 cm³/mol. The molecule has 46 heavy (non-hydrogen) atoms. The van der Waals surface area contributed by atoms with Crippen LogP contribution in [0.2, 0.25) is 0 Å². The molecule has 4 aromatic rings. The summed E-state index contributed by atoms with van der Waals surface area (Å²) in [7, 11) is 3.98. The van der Waals surface area contributed by atoms with E-state index >= 15 is 0 Å². The smallest absolute Gasteiger partial charge is 0.341 e. The Morgan fingerprint density at radius 1 is 1.04 bits per heavy atom. The van der Waals surface area contributed by atoms with E-state index in [1.807, 2.05) is 18.7 Å². The fraction of sp³-hybridized carbons (Fsp3) is 0.387. The van der Waals surface area contributed by atoms with E-state index < -0.39 is 23.3 Å². The maximum atomic E-state index is 14.0. The number of amides is 3. The summed E-state index contributed by atoms with van der Waals surface area (Å²) in [5, 5.41) is 6.50. The van der Waals surface area contributed by atoms with Crippen LogP contribution in [0.4, 0.5) is 23.8 Å². The first kappa shape index (κ1) is 31.6. The number of piperazine rings is 1. The van der Waals surface area contributed by atoms with Crippen LogP contribution in [-0.2, 0) is 6.18 Å². The van der Waals surface area contributed by atoms with Crippen LogP contribution in [0.1, 0.15) is 29.0 Å². The number of hydrogen-bond donors (Lipinski definition) is 2. The lowest BCUT2D eigenvalue weighted by atomic mass is 9.98. The van der Waals surface area contributed by atoms with Crippen molar-refractivity contribution >= 4 is 40.0 Å². The fourth-order valence-electron chi connectivity index (χ4n) is 5.78. The van der Waals surface area contributed by atoms with Gasteiger partial charge in [-0.25, -0.2) is 14.8 Å². The topological polar surface area (TPSA) is 116 Å². The van der Waals surface area contributed by atoms with E-state index in [1.54, 1.807) is 36.2 Å². The molecular weight excluding hydrogens is 621 g/mol. The maximum Gasteiger partial charge on any atom is 0.434 e. The van der Waals surface area contributed by atoms with Crippen LogP contribution in [0.3, 0.4) is 0 Å². The molecule has 11 nitrogen and oxygen atoms in total. The first-order chi connectivity index (χ1) is 21.9. The Hall–Kier alpha value is -4.34. The summed E-state index contributed by atoms with van der Waals surface area (Å²) in [5.74, 6) is -0.205. The lowest BCUT2D eigenvalue weighted by molar-refractivity contribution is -0.140. The van der Waals surface area contributed by atoms with Gasteiger partial charge in [0.05, 0.1) is 11.6 Å². The van der Waals surface area contributed by atoms with Crippen molar-refractivity contribution in [1.82, 2.24) is 34.6 Å². The van der Waals surface area contributed by atoms with E-state index in [2.05, 4.69) is 30.4 Å². The molecule has 2 fully saturated rings. The third kappa shape index (κ3) is 6.22. The van der Waals surface area contributed by atoms with Crippen molar-refractivity contribution < 1.29 is 22.8 Å². The second-order valence-corrected chi connectivity index (χ2v) is 12.5. The Morgan fingerprint density at radius 2 is 1.78 bits per heavy atom.